The smallest absolute Gasteiger partial charge is 0.326 e. The Morgan fingerprint density at radius 2 is 2.15 bits per heavy atom. The van der Waals surface area contributed by atoms with Gasteiger partial charge in [0, 0.05) is 6.07 Å². The summed E-state index contributed by atoms with van der Waals surface area (Å²) < 4.78 is 5.18. The second-order valence-corrected chi connectivity index (χ2v) is 4.10. The van der Waals surface area contributed by atoms with E-state index in [9.17, 15) is 9.59 Å². The summed E-state index contributed by atoms with van der Waals surface area (Å²) in [6.07, 6.45) is 2.49. The summed E-state index contributed by atoms with van der Waals surface area (Å²) in [7, 11) is 0. The number of amides is 2. The molecule has 1 unspecified atom stereocenters. The molecule has 3 N–H and O–H groups in total. The number of carbonyl (C=O) groups is 2. The number of urea groups is 1. The van der Waals surface area contributed by atoms with Gasteiger partial charge in [0.1, 0.15) is 6.04 Å². The molecule has 0 saturated heterocycles. The van der Waals surface area contributed by atoms with E-state index in [2.05, 4.69) is 15.6 Å². The van der Waals surface area contributed by atoms with Crippen LogP contribution in [0.2, 0.25) is 0 Å². The minimum atomic E-state index is -1.05. The maximum absolute atomic E-state index is 11.7. The zero-order valence-electron chi connectivity index (χ0n) is 11.5. The molecule has 0 radical (unpaired) electrons. The van der Waals surface area contributed by atoms with E-state index in [0.29, 0.717) is 31.0 Å². The number of ether oxygens (including phenoxy) is 1. The second kappa shape index (κ2) is 7.98. The first-order valence-corrected chi connectivity index (χ1v) is 6.46. The van der Waals surface area contributed by atoms with Gasteiger partial charge >= 0.3 is 12.0 Å². The van der Waals surface area contributed by atoms with Crippen molar-refractivity contribution in [3.8, 4) is 5.88 Å². The molecule has 1 aromatic heterocycles. The van der Waals surface area contributed by atoms with Crippen LogP contribution in [0.1, 0.15) is 26.7 Å². The Hall–Kier alpha value is -2.31. The molecule has 20 heavy (non-hydrogen) atoms. The number of hydrogen-bond donors (Lipinski definition) is 3. The highest BCUT2D eigenvalue weighted by molar-refractivity contribution is 5.92. The lowest BCUT2D eigenvalue weighted by molar-refractivity contribution is -0.139. The molecule has 0 fully saturated rings. The molecular formula is C13H19N3O4. The van der Waals surface area contributed by atoms with Gasteiger partial charge in [-0.15, -0.1) is 0 Å². The van der Waals surface area contributed by atoms with Crippen LogP contribution in [0.3, 0.4) is 0 Å². The topological polar surface area (TPSA) is 101 Å². The van der Waals surface area contributed by atoms with Gasteiger partial charge in [-0.05, 0) is 19.4 Å². The third-order valence-electron chi connectivity index (χ3n) is 2.47. The molecule has 2 amide bonds. The fourth-order valence-electron chi connectivity index (χ4n) is 1.56. The van der Waals surface area contributed by atoms with Crippen molar-refractivity contribution in [2.45, 2.75) is 32.7 Å². The van der Waals surface area contributed by atoms with Crippen molar-refractivity contribution in [3.05, 3.63) is 18.3 Å². The monoisotopic (exact) mass is 281 g/mol. The quantitative estimate of drug-likeness (QED) is 0.708. The first-order valence-electron chi connectivity index (χ1n) is 6.46. The van der Waals surface area contributed by atoms with Crippen molar-refractivity contribution in [3.63, 3.8) is 0 Å². The SMILES string of the molecule is CCCC(NC(=O)Nc1ccc(OCC)nc1)C(=O)O. The first kappa shape index (κ1) is 15.7. The largest absolute Gasteiger partial charge is 0.480 e. The van der Waals surface area contributed by atoms with E-state index in [1.54, 1.807) is 12.1 Å². The van der Waals surface area contributed by atoms with Crippen molar-refractivity contribution in [1.29, 1.82) is 0 Å². The number of anilines is 1. The molecule has 0 aliphatic rings. The number of pyridine rings is 1. The summed E-state index contributed by atoms with van der Waals surface area (Å²) in [6.45, 7) is 4.21. The number of nitrogens with zero attached hydrogens (tertiary/aromatic N) is 1. The van der Waals surface area contributed by atoms with Gasteiger partial charge in [-0.1, -0.05) is 13.3 Å². The van der Waals surface area contributed by atoms with Crippen LogP contribution in [-0.2, 0) is 4.79 Å². The van der Waals surface area contributed by atoms with E-state index in [4.69, 9.17) is 9.84 Å². The lowest BCUT2D eigenvalue weighted by Crippen LogP contribution is -2.42. The molecule has 1 aromatic rings. The molecule has 1 rings (SSSR count). The Kier molecular flexibility index (Phi) is 6.28. The summed E-state index contributed by atoms with van der Waals surface area (Å²) >= 11 is 0. The number of nitrogens with one attached hydrogen (secondary N) is 2. The van der Waals surface area contributed by atoms with Crippen molar-refractivity contribution < 1.29 is 19.4 Å². The first-order chi connectivity index (χ1) is 9.56. The molecule has 110 valence electrons. The summed E-state index contributed by atoms with van der Waals surface area (Å²) in [6, 6.07) is 1.79. The lowest BCUT2D eigenvalue weighted by Gasteiger charge is -2.14. The number of carboxylic acid groups (broad SMARTS) is 1. The molecule has 0 aliphatic carbocycles. The van der Waals surface area contributed by atoms with Gasteiger partial charge in [0.15, 0.2) is 0 Å². The Morgan fingerprint density at radius 1 is 1.40 bits per heavy atom. The number of carboxylic acids is 1. The zero-order valence-corrected chi connectivity index (χ0v) is 11.5. The van der Waals surface area contributed by atoms with Gasteiger partial charge in [-0.3, -0.25) is 0 Å². The van der Waals surface area contributed by atoms with E-state index in [0.717, 1.165) is 0 Å². The van der Waals surface area contributed by atoms with E-state index >= 15 is 0 Å². The molecule has 0 aliphatic heterocycles. The summed E-state index contributed by atoms with van der Waals surface area (Å²) in [5, 5.41) is 13.9. The fourth-order valence-corrected chi connectivity index (χ4v) is 1.56. The third kappa shape index (κ3) is 5.13. The predicted octanol–water partition coefficient (Wildman–Crippen LogP) is 1.86. The van der Waals surface area contributed by atoms with E-state index in [1.165, 1.54) is 6.20 Å². The lowest BCUT2D eigenvalue weighted by atomic mass is 10.2. The van der Waals surface area contributed by atoms with Crippen LogP contribution in [0.4, 0.5) is 10.5 Å². The average Bonchev–Trinajstić information content (AvgIpc) is 2.40. The Bertz CT molecular complexity index is 447. The molecule has 1 heterocycles. The van der Waals surface area contributed by atoms with E-state index < -0.39 is 18.0 Å². The number of aliphatic carboxylic acids is 1. The molecular weight excluding hydrogens is 262 g/mol. The van der Waals surface area contributed by atoms with Crippen LogP contribution in [0.25, 0.3) is 0 Å². The normalized spacial score (nSPS) is 11.5. The van der Waals surface area contributed by atoms with Crippen LogP contribution in [0, 0.1) is 0 Å². The van der Waals surface area contributed by atoms with Gasteiger partial charge in [0.05, 0.1) is 18.5 Å². The Morgan fingerprint density at radius 3 is 2.65 bits per heavy atom. The standard InChI is InChI=1S/C13H19N3O4/c1-3-5-10(12(17)18)16-13(19)15-9-6-7-11(14-8-9)20-4-2/h6-8,10H,3-5H2,1-2H3,(H,17,18)(H2,15,16,19). The maximum Gasteiger partial charge on any atom is 0.326 e. The van der Waals surface area contributed by atoms with Crippen molar-refractivity contribution in [2.24, 2.45) is 0 Å². The summed E-state index contributed by atoms with van der Waals surface area (Å²) in [5.41, 5.74) is 0.464. The van der Waals surface area contributed by atoms with Gasteiger partial charge < -0.3 is 20.5 Å². The zero-order chi connectivity index (χ0) is 15.0. The van der Waals surface area contributed by atoms with Crippen LogP contribution in [0.5, 0.6) is 5.88 Å². The van der Waals surface area contributed by atoms with Crippen LogP contribution in [0.15, 0.2) is 18.3 Å². The maximum atomic E-state index is 11.7. The van der Waals surface area contributed by atoms with Crippen LogP contribution < -0.4 is 15.4 Å². The minimum absolute atomic E-state index is 0.379. The molecule has 0 spiro atoms. The molecule has 1 atom stereocenters. The number of rotatable bonds is 7. The Balaban J connectivity index is 2.54. The summed E-state index contributed by atoms with van der Waals surface area (Å²) in [5.74, 6) is -0.584. The third-order valence-corrected chi connectivity index (χ3v) is 2.47. The van der Waals surface area contributed by atoms with Crippen LogP contribution in [-0.4, -0.2) is 34.7 Å². The molecule has 7 nitrogen and oxygen atoms in total. The number of hydrogen-bond acceptors (Lipinski definition) is 4. The van der Waals surface area contributed by atoms with Gasteiger partial charge in [-0.2, -0.15) is 0 Å². The van der Waals surface area contributed by atoms with Crippen molar-refractivity contribution >= 4 is 17.7 Å². The molecule has 0 aromatic carbocycles. The van der Waals surface area contributed by atoms with E-state index in [1.807, 2.05) is 13.8 Å². The van der Waals surface area contributed by atoms with Gasteiger partial charge in [0.25, 0.3) is 0 Å². The van der Waals surface area contributed by atoms with Crippen molar-refractivity contribution in [1.82, 2.24) is 10.3 Å². The molecule has 7 heteroatoms. The number of carbonyl (C=O) groups excluding carboxylic acids is 1. The highest BCUT2D eigenvalue weighted by atomic mass is 16.5. The summed E-state index contributed by atoms with van der Waals surface area (Å²) in [4.78, 5) is 26.6. The van der Waals surface area contributed by atoms with Crippen molar-refractivity contribution in [2.75, 3.05) is 11.9 Å². The highest BCUT2D eigenvalue weighted by Crippen LogP contribution is 2.11. The highest BCUT2D eigenvalue weighted by Gasteiger charge is 2.18. The predicted molar refractivity (Wildman–Crippen MR) is 73.9 cm³/mol. The van der Waals surface area contributed by atoms with Gasteiger partial charge in [-0.25, -0.2) is 14.6 Å². The Labute approximate surface area is 117 Å². The molecule has 0 bridgehead atoms. The minimum Gasteiger partial charge on any atom is -0.480 e. The van der Waals surface area contributed by atoms with E-state index in [-0.39, 0.29) is 0 Å². The second-order valence-electron chi connectivity index (χ2n) is 4.10. The average molecular weight is 281 g/mol. The number of aromatic nitrogens is 1. The van der Waals surface area contributed by atoms with Gasteiger partial charge in [0.2, 0.25) is 5.88 Å². The fraction of sp³-hybridized carbons (Fsp3) is 0.462. The molecule has 0 saturated carbocycles. The van der Waals surface area contributed by atoms with Crippen LogP contribution >= 0.6 is 0 Å².